The third kappa shape index (κ3) is 8.35. The Balaban J connectivity index is 2.33. The molecule has 0 radical (unpaired) electrons. The van der Waals surface area contributed by atoms with E-state index in [2.05, 4.69) is 4.98 Å². The van der Waals surface area contributed by atoms with Crippen LogP contribution >= 0.6 is 21.6 Å². The van der Waals surface area contributed by atoms with E-state index >= 15 is 0 Å². The van der Waals surface area contributed by atoms with Crippen LogP contribution in [0, 0.1) is 0 Å². The molecule has 1 rings (SSSR count). The van der Waals surface area contributed by atoms with Crippen molar-refractivity contribution in [2.45, 2.75) is 49.3 Å². The summed E-state index contributed by atoms with van der Waals surface area (Å²) >= 11 is 0. The molecule has 0 saturated heterocycles. The summed E-state index contributed by atoms with van der Waals surface area (Å²) in [6, 6.07) is 5.72. The van der Waals surface area contributed by atoms with Gasteiger partial charge in [0.15, 0.2) is 0 Å². The highest BCUT2D eigenvalue weighted by atomic mass is 33.1. The first-order valence-corrected chi connectivity index (χ1v) is 9.67. The van der Waals surface area contributed by atoms with Crippen molar-refractivity contribution in [3.63, 3.8) is 0 Å². The lowest BCUT2D eigenvalue weighted by atomic mass is 10.1. The number of amides is 1. The number of aldehydes is 1. The van der Waals surface area contributed by atoms with Crippen LogP contribution in [-0.4, -0.2) is 40.0 Å². The van der Waals surface area contributed by atoms with Gasteiger partial charge in [-0.2, -0.15) is 5.06 Å². The average molecular weight is 370 g/mol. The van der Waals surface area contributed by atoms with Crippen LogP contribution in [0.15, 0.2) is 29.4 Å². The maximum atomic E-state index is 11.8. The van der Waals surface area contributed by atoms with Gasteiger partial charge in [0.1, 0.15) is 11.3 Å². The van der Waals surface area contributed by atoms with E-state index < -0.39 is 11.9 Å². The minimum absolute atomic E-state index is 0.0370. The number of pyridine rings is 1. The smallest absolute Gasteiger partial charge is 0.332 e. The fourth-order valence-electron chi connectivity index (χ4n) is 1.59. The van der Waals surface area contributed by atoms with E-state index in [0.717, 1.165) is 10.1 Å². The zero-order chi connectivity index (χ0) is 18.0. The number of hydrogen-bond acceptors (Lipinski definition) is 7. The Morgan fingerprint density at radius 1 is 1.33 bits per heavy atom. The second kappa shape index (κ2) is 10.4. The number of nitrogens with zero attached hydrogens (tertiary/aromatic N) is 2. The molecule has 0 atom stereocenters. The van der Waals surface area contributed by atoms with Crippen molar-refractivity contribution in [3.05, 3.63) is 24.4 Å². The largest absolute Gasteiger partial charge is 0.338 e. The SMILES string of the molecule is CN(OC(=O)CCC(C)(C)SSc1ccccn1)C(=O)CCC=O. The van der Waals surface area contributed by atoms with Crippen LogP contribution in [0.2, 0.25) is 0 Å². The molecule has 0 fully saturated rings. The molecule has 1 heterocycles. The van der Waals surface area contributed by atoms with Crippen LogP contribution in [0.5, 0.6) is 0 Å². The van der Waals surface area contributed by atoms with Crippen LogP contribution in [0.4, 0.5) is 0 Å². The lowest BCUT2D eigenvalue weighted by Gasteiger charge is -2.23. The van der Waals surface area contributed by atoms with E-state index in [9.17, 15) is 14.4 Å². The van der Waals surface area contributed by atoms with Crippen molar-refractivity contribution < 1.29 is 19.2 Å². The molecule has 132 valence electrons. The predicted octanol–water partition coefficient (Wildman–Crippen LogP) is 3.28. The summed E-state index contributed by atoms with van der Waals surface area (Å²) in [5.74, 6) is -0.858. The van der Waals surface area contributed by atoms with E-state index in [1.54, 1.807) is 27.8 Å². The molecule has 0 aliphatic carbocycles. The zero-order valence-electron chi connectivity index (χ0n) is 14.1. The summed E-state index contributed by atoms with van der Waals surface area (Å²) in [5, 5.41) is 1.81. The average Bonchev–Trinajstić information content (AvgIpc) is 2.57. The fourth-order valence-corrected chi connectivity index (χ4v) is 3.80. The van der Waals surface area contributed by atoms with Gasteiger partial charge in [0.25, 0.3) is 5.91 Å². The highest BCUT2D eigenvalue weighted by Gasteiger charge is 2.23. The molecular weight excluding hydrogens is 348 g/mol. The van der Waals surface area contributed by atoms with Crippen molar-refractivity contribution in [2.75, 3.05) is 7.05 Å². The Morgan fingerprint density at radius 2 is 2.08 bits per heavy atom. The van der Waals surface area contributed by atoms with Crippen LogP contribution in [-0.2, 0) is 19.2 Å². The van der Waals surface area contributed by atoms with Gasteiger partial charge in [-0.1, -0.05) is 16.9 Å². The summed E-state index contributed by atoms with van der Waals surface area (Å²) in [6.07, 6.45) is 3.36. The monoisotopic (exact) mass is 370 g/mol. The normalized spacial score (nSPS) is 11.0. The Labute approximate surface area is 150 Å². The number of aromatic nitrogens is 1. The van der Waals surface area contributed by atoms with E-state index in [-0.39, 0.29) is 24.0 Å². The molecule has 0 saturated carbocycles. The van der Waals surface area contributed by atoms with Crippen molar-refractivity contribution in [1.29, 1.82) is 0 Å². The standard InChI is InChI=1S/C16H22N2O4S2/c1-16(2,24-23-13-7-4-5-11-17-13)10-9-15(21)22-18(3)14(20)8-6-12-19/h4-5,7,11-12H,6,8-10H2,1-3H3. The lowest BCUT2D eigenvalue weighted by Crippen LogP contribution is -2.30. The molecule has 8 heteroatoms. The summed E-state index contributed by atoms with van der Waals surface area (Å²) in [5.41, 5.74) is 0. The number of rotatable bonds is 9. The predicted molar refractivity (Wildman–Crippen MR) is 95.2 cm³/mol. The van der Waals surface area contributed by atoms with E-state index in [1.807, 2.05) is 32.0 Å². The highest BCUT2D eigenvalue weighted by Crippen LogP contribution is 2.42. The number of carbonyl (C=O) groups is 3. The zero-order valence-corrected chi connectivity index (χ0v) is 15.7. The van der Waals surface area contributed by atoms with Crippen molar-refractivity contribution in [2.24, 2.45) is 0 Å². The van der Waals surface area contributed by atoms with Gasteiger partial charge in [0.05, 0.1) is 0 Å². The van der Waals surface area contributed by atoms with E-state index in [0.29, 0.717) is 12.7 Å². The van der Waals surface area contributed by atoms with Gasteiger partial charge in [0, 0.05) is 37.3 Å². The van der Waals surface area contributed by atoms with E-state index in [1.165, 1.54) is 7.05 Å². The third-order valence-corrected chi connectivity index (χ3v) is 6.25. The molecular formula is C16H22N2O4S2. The molecule has 0 aromatic carbocycles. The molecule has 0 N–H and O–H groups in total. The summed E-state index contributed by atoms with van der Waals surface area (Å²) < 4.78 is -0.151. The first-order chi connectivity index (χ1) is 11.3. The van der Waals surface area contributed by atoms with Gasteiger partial charge in [-0.15, -0.1) is 0 Å². The Hall–Kier alpha value is -1.54. The maximum Gasteiger partial charge on any atom is 0.332 e. The van der Waals surface area contributed by atoms with Crippen molar-refractivity contribution in [1.82, 2.24) is 10.0 Å². The summed E-state index contributed by atoms with van der Waals surface area (Å²) in [7, 11) is 4.58. The minimum Gasteiger partial charge on any atom is -0.338 e. The molecule has 1 amide bonds. The van der Waals surface area contributed by atoms with Gasteiger partial charge < -0.3 is 9.63 Å². The molecule has 0 bridgehead atoms. The summed E-state index contributed by atoms with van der Waals surface area (Å²) in [6.45, 7) is 4.08. The molecule has 0 unspecified atom stereocenters. The minimum atomic E-state index is -0.464. The Kier molecular flexibility index (Phi) is 8.84. The molecule has 24 heavy (non-hydrogen) atoms. The summed E-state index contributed by atoms with van der Waals surface area (Å²) in [4.78, 5) is 42.9. The quantitative estimate of drug-likeness (QED) is 0.375. The molecule has 1 aromatic rings. The van der Waals surface area contributed by atoms with Gasteiger partial charge in [-0.3, -0.25) is 4.79 Å². The Morgan fingerprint density at radius 3 is 2.71 bits per heavy atom. The molecule has 6 nitrogen and oxygen atoms in total. The van der Waals surface area contributed by atoms with Gasteiger partial charge in [-0.05, 0) is 43.2 Å². The Bertz CT molecular complexity index is 552. The highest BCUT2D eigenvalue weighted by molar-refractivity contribution is 8.77. The first kappa shape index (κ1) is 20.5. The second-order valence-corrected chi connectivity index (χ2v) is 8.51. The second-order valence-electron chi connectivity index (χ2n) is 5.65. The van der Waals surface area contributed by atoms with Crippen molar-refractivity contribution in [3.8, 4) is 0 Å². The van der Waals surface area contributed by atoms with Crippen LogP contribution in [0.1, 0.15) is 39.5 Å². The molecule has 0 aliphatic rings. The van der Waals surface area contributed by atoms with Gasteiger partial charge in [0.2, 0.25) is 0 Å². The molecule has 0 spiro atoms. The fraction of sp³-hybridized carbons (Fsp3) is 0.500. The first-order valence-electron chi connectivity index (χ1n) is 7.52. The van der Waals surface area contributed by atoms with Crippen LogP contribution in [0.3, 0.4) is 0 Å². The third-order valence-electron chi connectivity index (χ3n) is 2.99. The molecule has 0 aliphatic heterocycles. The molecule has 1 aromatic heterocycles. The van der Waals surface area contributed by atoms with E-state index in [4.69, 9.17) is 4.84 Å². The topological polar surface area (TPSA) is 76.6 Å². The van der Waals surface area contributed by atoms with Gasteiger partial charge in [-0.25, -0.2) is 9.78 Å². The number of hydroxylamine groups is 2. The number of hydrogen-bond donors (Lipinski definition) is 0. The van der Waals surface area contributed by atoms with Crippen LogP contribution < -0.4 is 0 Å². The maximum absolute atomic E-state index is 11.8. The number of carbonyl (C=O) groups excluding carboxylic acids is 3. The van der Waals surface area contributed by atoms with Crippen LogP contribution in [0.25, 0.3) is 0 Å². The van der Waals surface area contributed by atoms with Gasteiger partial charge >= 0.3 is 5.97 Å². The van der Waals surface area contributed by atoms with Crippen molar-refractivity contribution >= 4 is 39.8 Å². The lowest BCUT2D eigenvalue weighted by molar-refractivity contribution is -0.192.